The zero-order valence-corrected chi connectivity index (χ0v) is 8.39. The molecule has 0 amide bonds. The molecule has 1 aromatic carbocycles. The molecule has 3 nitrogen and oxygen atoms in total. The lowest BCUT2D eigenvalue weighted by Crippen LogP contribution is -2.01. The maximum absolute atomic E-state index is 11.0. The van der Waals surface area contributed by atoms with Gasteiger partial charge in [0.15, 0.2) is 0 Å². The van der Waals surface area contributed by atoms with E-state index in [-0.39, 0.29) is 0 Å². The number of carbonyl (C=O) groups is 1. The highest BCUT2D eigenvalue weighted by Crippen LogP contribution is 2.12. The molecule has 1 unspecified atom stereocenters. The van der Waals surface area contributed by atoms with Crippen LogP contribution in [0.4, 0.5) is 0 Å². The van der Waals surface area contributed by atoms with Gasteiger partial charge in [-0.2, -0.15) is 0 Å². The zero-order valence-electron chi connectivity index (χ0n) is 6.82. The lowest BCUT2D eigenvalue weighted by molar-refractivity contribution is 0.0600. The lowest BCUT2D eigenvalue weighted by atomic mass is 10.2. The molecule has 1 atom stereocenters. The van der Waals surface area contributed by atoms with Gasteiger partial charge in [-0.25, -0.2) is 9.00 Å². The molecule has 0 aromatic heterocycles. The first-order chi connectivity index (χ1) is 6.15. The van der Waals surface area contributed by atoms with Crippen molar-refractivity contribution in [3.8, 4) is 0 Å². The Morgan fingerprint density at radius 2 is 2.23 bits per heavy atom. The van der Waals surface area contributed by atoms with Gasteiger partial charge in [0.25, 0.3) is 0 Å². The highest BCUT2D eigenvalue weighted by molar-refractivity contribution is 8.08. The molecule has 70 valence electrons. The summed E-state index contributed by atoms with van der Waals surface area (Å²) in [6.45, 7) is 0. The standard InChI is InChI=1S/C8H7ClO3S/c1-12-8(10)6-3-2-4-7(5-6)13(9)11/h2-5H,1H3. The van der Waals surface area contributed by atoms with Crippen LogP contribution in [-0.2, 0) is 14.7 Å². The van der Waals surface area contributed by atoms with E-state index in [4.69, 9.17) is 10.7 Å². The number of hydrogen-bond acceptors (Lipinski definition) is 3. The van der Waals surface area contributed by atoms with Crippen molar-refractivity contribution in [1.82, 2.24) is 0 Å². The van der Waals surface area contributed by atoms with Gasteiger partial charge >= 0.3 is 5.97 Å². The normalized spacial score (nSPS) is 12.2. The fourth-order valence-electron chi connectivity index (χ4n) is 0.841. The van der Waals surface area contributed by atoms with Crippen LogP contribution in [-0.4, -0.2) is 17.3 Å². The third-order valence-electron chi connectivity index (χ3n) is 1.44. The predicted octanol–water partition coefficient (Wildman–Crippen LogP) is 1.73. The summed E-state index contributed by atoms with van der Waals surface area (Å²) in [5.41, 5.74) is 0.342. The average molecular weight is 219 g/mol. The highest BCUT2D eigenvalue weighted by Gasteiger charge is 2.07. The van der Waals surface area contributed by atoms with E-state index in [1.165, 1.54) is 13.2 Å². The molecule has 0 aliphatic carbocycles. The van der Waals surface area contributed by atoms with E-state index >= 15 is 0 Å². The second-order valence-electron chi connectivity index (χ2n) is 2.24. The van der Waals surface area contributed by atoms with E-state index in [9.17, 15) is 9.00 Å². The fraction of sp³-hybridized carbons (Fsp3) is 0.125. The van der Waals surface area contributed by atoms with E-state index in [1.807, 2.05) is 0 Å². The molecule has 0 radical (unpaired) electrons. The van der Waals surface area contributed by atoms with Crippen LogP contribution in [0.5, 0.6) is 0 Å². The predicted molar refractivity (Wildman–Crippen MR) is 50.0 cm³/mol. The summed E-state index contributed by atoms with van der Waals surface area (Å²) in [6, 6.07) is 6.19. The van der Waals surface area contributed by atoms with Gasteiger partial charge < -0.3 is 4.74 Å². The molecule has 13 heavy (non-hydrogen) atoms. The van der Waals surface area contributed by atoms with Crippen molar-refractivity contribution in [2.45, 2.75) is 4.90 Å². The number of methoxy groups -OCH3 is 1. The number of carbonyl (C=O) groups excluding carboxylic acids is 1. The Balaban J connectivity index is 3.05. The van der Waals surface area contributed by atoms with Gasteiger partial charge in [0.2, 0.25) is 0 Å². The van der Waals surface area contributed by atoms with Crippen LogP contribution in [0.3, 0.4) is 0 Å². The molecular formula is C8H7ClO3S. The van der Waals surface area contributed by atoms with Crippen LogP contribution in [0.25, 0.3) is 0 Å². The number of hydrogen-bond donors (Lipinski definition) is 0. The fourth-order valence-corrected chi connectivity index (χ4v) is 1.53. The molecule has 0 saturated heterocycles. The van der Waals surface area contributed by atoms with E-state index in [0.29, 0.717) is 10.5 Å². The van der Waals surface area contributed by atoms with Crippen molar-refractivity contribution in [3.05, 3.63) is 29.8 Å². The first-order valence-electron chi connectivity index (χ1n) is 3.41. The van der Waals surface area contributed by atoms with Crippen LogP contribution in [0.1, 0.15) is 10.4 Å². The summed E-state index contributed by atoms with van der Waals surface area (Å²) >= 11 is 0. The van der Waals surface area contributed by atoms with Gasteiger partial charge in [0.05, 0.1) is 17.6 Å². The van der Waals surface area contributed by atoms with Gasteiger partial charge in [0, 0.05) is 0 Å². The lowest BCUT2D eigenvalue weighted by Gasteiger charge is -1.99. The van der Waals surface area contributed by atoms with Crippen molar-refractivity contribution in [3.63, 3.8) is 0 Å². The molecule has 0 fully saturated rings. The molecule has 0 spiro atoms. The topological polar surface area (TPSA) is 43.4 Å². The molecule has 1 aromatic rings. The van der Waals surface area contributed by atoms with Crippen LogP contribution in [0, 0.1) is 0 Å². The minimum atomic E-state index is -1.59. The van der Waals surface area contributed by atoms with Gasteiger partial charge in [0.1, 0.15) is 10.0 Å². The minimum absolute atomic E-state index is 0.342. The summed E-state index contributed by atoms with van der Waals surface area (Å²) in [4.78, 5) is 11.4. The molecule has 0 aliphatic heterocycles. The monoisotopic (exact) mass is 218 g/mol. The Morgan fingerprint density at radius 3 is 2.77 bits per heavy atom. The number of halogens is 1. The van der Waals surface area contributed by atoms with Crippen molar-refractivity contribution >= 4 is 26.7 Å². The average Bonchev–Trinajstić information content (AvgIpc) is 2.17. The number of benzene rings is 1. The Labute approximate surface area is 82.6 Å². The molecule has 0 bridgehead atoms. The molecule has 0 N–H and O–H groups in total. The Kier molecular flexibility index (Phi) is 3.45. The number of ether oxygens (including phenoxy) is 1. The molecular weight excluding hydrogens is 212 g/mol. The van der Waals surface area contributed by atoms with Crippen LogP contribution in [0.15, 0.2) is 29.2 Å². The number of esters is 1. The smallest absolute Gasteiger partial charge is 0.337 e. The van der Waals surface area contributed by atoms with Gasteiger partial charge in [-0.3, -0.25) is 0 Å². The third kappa shape index (κ3) is 2.54. The Morgan fingerprint density at radius 1 is 1.54 bits per heavy atom. The highest BCUT2D eigenvalue weighted by atomic mass is 35.7. The summed E-state index contributed by atoms with van der Waals surface area (Å²) in [5, 5.41) is 0. The van der Waals surface area contributed by atoms with Crippen LogP contribution in [0.2, 0.25) is 0 Å². The van der Waals surface area contributed by atoms with Gasteiger partial charge in [-0.15, -0.1) is 0 Å². The van der Waals surface area contributed by atoms with E-state index in [1.54, 1.807) is 18.2 Å². The molecule has 0 heterocycles. The summed E-state index contributed by atoms with van der Waals surface area (Å²) < 4.78 is 15.3. The SMILES string of the molecule is COC(=O)c1cccc(S(=O)Cl)c1. The molecule has 5 heteroatoms. The molecule has 0 saturated carbocycles. The van der Waals surface area contributed by atoms with Gasteiger partial charge in [-0.05, 0) is 28.9 Å². The first kappa shape index (κ1) is 10.2. The maximum atomic E-state index is 11.0. The second kappa shape index (κ2) is 4.39. The van der Waals surface area contributed by atoms with Crippen molar-refractivity contribution in [2.75, 3.05) is 7.11 Å². The zero-order chi connectivity index (χ0) is 9.84. The van der Waals surface area contributed by atoms with E-state index in [2.05, 4.69) is 4.74 Å². The summed E-state index contributed by atoms with van der Waals surface area (Å²) in [7, 11) is 5.03. The van der Waals surface area contributed by atoms with Crippen molar-refractivity contribution in [2.24, 2.45) is 0 Å². The number of rotatable bonds is 2. The van der Waals surface area contributed by atoms with E-state index in [0.717, 1.165) is 0 Å². The van der Waals surface area contributed by atoms with E-state index < -0.39 is 16.0 Å². The Hall–Kier alpha value is -0.870. The minimum Gasteiger partial charge on any atom is -0.465 e. The largest absolute Gasteiger partial charge is 0.465 e. The summed E-state index contributed by atoms with van der Waals surface area (Å²) in [6.07, 6.45) is 0. The quantitative estimate of drug-likeness (QED) is 0.561. The summed E-state index contributed by atoms with van der Waals surface area (Å²) in [5.74, 6) is -0.469. The second-order valence-corrected chi connectivity index (χ2v) is 4.00. The molecule has 0 aliphatic rings. The third-order valence-corrected chi connectivity index (χ3v) is 2.60. The van der Waals surface area contributed by atoms with Crippen LogP contribution >= 0.6 is 10.7 Å². The van der Waals surface area contributed by atoms with Crippen molar-refractivity contribution in [1.29, 1.82) is 0 Å². The van der Waals surface area contributed by atoms with Crippen LogP contribution < -0.4 is 0 Å². The first-order valence-corrected chi connectivity index (χ1v) is 5.39. The maximum Gasteiger partial charge on any atom is 0.337 e. The van der Waals surface area contributed by atoms with Gasteiger partial charge in [-0.1, -0.05) is 6.07 Å². The van der Waals surface area contributed by atoms with Crippen molar-refractivity contribution < 1.29 is 13.7 Å². The Bertz CT molecular complexity index is 351. The molecule has 1 rings (SSSR count).